The summed E-state index contributed by atoms with van der Waals surface area (Å²) in [4.78, 5) is 41.5. The first kappa shape index (κ1) is 27.4. The van der Waals surface area contributed by atoms with Crippen LogP contribution in [-0.4, -0.2) is 68.5 Å². The molecule has 4 aliphatic carbocycles. The Hall–Kier alpha value is -3.17. The molecule has 0 unspecified atom stereocenters. The zero-order valence-corrected chi connectivity index (χ0v) is 23.0. The van der Waals surface area contributed by atoms with Crippen LogP contribution >= 0.6 is 0 Å². The maximum atomic E-state index is 14.3. The number of hydrogen-bond acceptors (Lipinski definition) is 8. The van der Waals surface area contributed by atoms with E-state index in [1.165, 1.54) is 30.2 Å². The SMILES string of the molecule is CN(C)[C@@H]1C(=O)C(C(N)=O)=C(O)[C@@]2(O)C(=O)C3=C(O)c4c(O)ccc(CC5CCCCC5)c4C[C@@]3(C)C[C@@]12C. The third kappa shape index (κ3) is 3.62. The molecule has 0 heterocycles. The van der Waals surface area contributed by atoms with Gasteiger partial charge in [0, 0.05) is 16.4 Å². The van der Waals surface area contributed by atoms with E-state index in [1.807, 2.05) is 6.07 Å². The first-order valence-corrected chi connectivity index (χ1v) is 13.7. The fourth-order valence-electron chi connectivity index (χ4n) is 8.28. The van der Waals surface area contributed by atoms with Crippen LogP contribution in [0, 0.1) is 16.7 Å². The Morgan fingerprint density at radius 3 is 2.31 bits per heavy atom. The largest absolute Gasteiger partial charge is 0.508 e. The molecule has 1 aromatic carbocycles. The summed E-state index contributed by atoms with van der Waals surface area (Å²) in [5.74, 6) is -4.25. The molecule has 1 aromatic rings. The van der Waals surface area contributed by atoms with E-state index in [0.717, 1.165) is 30.4 Å². The van der Waals surface area contributed by atoms with Gasteiger partial charge in [-0.3, -0.25) is 19.3 Å². The topological polar surface area (TPSA) is 161 Å². The summed E-state index contributed by atoms with van der Waals surface area (Å²) in [6.07, 6.45) is 6.92. The van der Waals surface area contributed by atoms with Crippen LogP contribution in [0.3, 0.4) is 0 Å². The van der Waals surface area contributed by atoms with Crippen LogP contribution in [0.1, 0.15) is 69.1 Å². The van der Waals surface area contributed by atoms with Gasteiger partial charge in [0.2, 0.25) is 5.78 Å². The molecule has 39 heavy (non-hydrogen) atoms. The van der Waals surface area contributed by atoms with Gasteiger partial charge in [0.1, 0.15) is 22.8 Å². The number of phenols is 1. The van der Waals surface area contributed by atoms with Gasteiger partial charge in [-0.2, -0.15) is 0 Å². The molecule has 210 valence electrons. The Morgan fingerprint density at radius 1 is 1.08 bits per heavy atom. The fraction of sp³-hybridized carbons (Fsp3) is 0.567. The second-order valence-electron chi connectivity index (χ2n) is 12.7. The number of fused-ring (bicyclic) bond motifs is 3. The van der Waals surface area contributed by atoms with Crippen LogP contribution in [0.5, 0.6) is 5.75 Å². The molecule has 9 heteroatoms. The second-order valence-corrected chi connectivity index (χ2v) is 12.7. The molecule has 0 saturated heterocycles. The van der Waals surface area contributed by atoms with Crippen LogP contribution < -0.4 is 5.73 Å². The molecule has 2 saturated carbocycles. The number of nitrogens with two attached hydrogens (primary N) is 1. The molecule has 2 fully saturated rings. The highest BCUT2D eigenvalue weighted by Crippen LogP contribution is 2.63. The van der Waals surface area contributed by atoms with Crippen LogP contribution in [0.4, 0.5) is 0 Å². The average molecular weight is 539 g/mol. The molecule has 0 radical (unpaired) electrons. The van der Waals surface area contributed by atoms with Crippen LogP contribution in [0.25, 0.3) is 5.76 Å². The van der Waals surface area contributed by atoms with Gasteiger partial charge in [-0.15, -0.1) is 0 Å². The number of carbonyl (C=O) groups is 3. The first-order chi connectivity index (χ1) is 18.2. The number of carbonyl (C=O) groups excluding carboxylic acids is 3. The van der Waals surface area contributed by atoms with E-state index in [-0.39, 0.29) is 29.7 Å². The van der Waals surface area contributed by atoms with Crippen molar-refractivity contribution >= 4 is 23.2 Å². The lowest BCUT2D eigenvalue weighted by Crippen LogP contribution is -2.72. The standard InChI is InChI=1S/C30H38N2O7/c1-28-13-17-16(12-15-8-6-5-7-9-15)10-11-18(33)19(17)22(34)21(28)26(37)30(39)25(36)20(27(31)38)23(35)24(32(3)4)29(30,2)14-28/h10-11,15,24,33-34,36,39H,5-9,12-14H2,1-4H3,(H2,31,38)/t24-,28+,29+,30-/m1/s1. The minimum absolute atomic E-state index is 0.0320. The number of rotatable bonds is 4. The lowest BCUT2D eigenvalue weighted by molar-refractivity contribution is -0.176. The number of aliphatic hydroxyl groups excluding tert-OH is 2. The Labute approximate surface area is 228 Å². The van der Waals surface area contributed by atoms with Gasteiger partial charge < -0.3 is 26.2 Å². The zero-order chi connectivity index (χ0) is 28.7. The van der Waals surface area contributed by atoms with Gasteiger partial charge in [-0.1, -0.05) is 52.0 Å². The summed E-state index contributed by atoms with van der Waals surface area (Å²) in [6, 6.07) is 2.25. The molecular formula is C30H38N2O7. The van der Waals surface area contributed by atoms with E-state index in [9.17, 15) is 34.8 Å². The van der Waals surface area contributed by atoms with Gasteiger partial charge in [0.15, 0.2) is 11.4 Å². The van der Waals surface area contributed by atoms with Crippen LogP contribution in [0.2, 0.25) is 0 Å². The monoisotopic (exact) mass is 538 g/mol. The highest BCUT2D eigenvalue weighted by Gasteiger charge is 2.72. The zero-order valence-electron chi connectivity index (χ0n) is 23.0. The number of nitrogens with zero attached hydrogens (tertiary/aromatic N) is 1. The Bertz CT molecular complexity index is 1350. The highest BCUT2D eigenvalue weighted by molar-refractivity contribution is 6.25. The number of aliphatic hydroxyl groups is 3. The summed E-state index contributed by atoms with van der Waals surface area (Å²) in [5, 5.41) is 45.6. The minimum Gasteiger partial charge on any atom is -0.508 e. The first-order valence-electron chi connectivity index (χ1n) is 13.7. The number of benzene rings is 1. The third-order valence-electron chi connectivity index (χ3n) is 9.85. The number of ketones is 2. The van der Waals surface area contributed by atoms with E-state index in [0.29, 0.717) is 5.92 Å². The number of Topliss-reactive ketones (excluding diaryl/α,β-unsaturated/α-hetero) is 2. The Kier molecular flexibility index (Phi) is 6.27. The van der Waals surface area contributed by atoms with Gasteiger partial charge in [-0.25, -0.2) is 0 Å². The molecule has 9 nitrogen and oxygen atoms in total. The molecule has 5 rings (SSSR count). The molecule has 6 N–H and O–H groups in total. The van der Waals surface area contributed by atoms with Gasteiger partial charge in [0.25, 0.3) is 5.91 Å². The maximum absolute atomic E-state index is 14.3. The number of likely N-dealkylation sites (N-methyl/N-ethyl adjacent to an activating group) is 1. The normalized spacial score (nSPS) is 33.2. The molecular weight excluding hydrogens is 500 g/mol. The van der Waals surface area contributed by atoms with E-state index in [4.69, 9.17) is 5.73 Å². The van der Waals surface area contributed by atoms with Crippen LogP contribution in [0.15, 0.2) is 29.0 Å². The Balaban J connectivity index is 1.73. The van der Waals surface area contributed by atoms with Gasteiger partial charge in [0.05, 0.1) is 11.6 Å². The van der Waals surface area contributed by atoms with Crippen molar-refractivity contribution in [2.45, 2.75) is 76.9 Å². The van der Waals surface area contributed by atoms with E-state index < -0.39 is 57.0 Å². The van der Waals surface area contributed by atoms with Gasteiger partial charge >= 0.3 is 0 Å². The van der Waals surface area contributed by atoms with Crippen molar-refractivity contribution in [3.63, 3.8) is 0 Å². The van der Waals surface area contributed by atoms with Crippen LogP contribution in [-0.2, 0) is 27.2 Å². The molecule has 0 aliphatic heterocycles. The molecule has 0 bridgehead atoms. The number of amides is 1. The van der Waals surface area contributed by atoms with Crippen molar-refractivity contribution in [1.82, 2.24) is 4.90 Å². The highest BCUT2D eigenvalue weighted by atomic mass is 16.3. The fourth-order valence-corrected chi connectivity index (χ4v) is 8.28. The number of primary amides is 1. The molecule has 4 aliphatic rings. The number of hydrogen-bond donors (Lipinski definition) is 5. The van der Waals surface area contributed by atoms with Crippen molar-refractivity contribution in [2.24, 2.45) is 22.5 Å². The van der Waals surface area contributed by atoms with Crippen molar-refractivity contribution in [2.75, 3.05) is 14.1 Å². The molecule has 1 amide bonds. The molecule has 4 atom stereocenters. The Morgan fingerprint density at radius 2 is 1.72 bits per heavy atom. The summed E-state index contributed by atoms with van der Waals surface area (Å²) >= 11 is 0. The van der Waals surface area contributed by atoms with Crippen molar-refractivity contribution < 1.29 is 34.8 Å². The van der Waals surface area contributed by atoms with Crippen molar-refractivity contribution in [3.05, 3.63) is 45.7 Å². The lowest BCUT2D eigenvalue weighted by Gasteiger charge is -2.59. The average Bonchev–Trinajstić information content (AvgIpc) is 2.83. The predicted molar refractivity (Wildman–Crippen MR) is 144 cm³/mol. The molecule has 0 aromatic heterocycles. The van der Waals surface area contributed by atoms with E-state index in [2.05, 4.69) is 0 Å². The van der Waals surface area contributed by atoms with Crippen molar-refractivity contribution in [1.29, 1.82) is 0 Å². The second kappa shape index (κ2) is 8.93. The summed E-state index contributed by atoms with van der Waals surface area (Å²) in [6.45, 7) is 3.36. The minimum atomic E-state index is -2.70. The maximum Gasteiger partial charge on any atom is 0.255 e. The predicted octanol–water partition coefficient (Wildman–Crippen LogP) is 2.87. The summed E-state index contributed by atoms with van der Waals surface area (Å²) in [5.41, 5.74) is 1.09. The third-order valence-corrected chi connectivity index (χ3v) is 9.85. The lowest BCUT2D eigenvalue weighted by atomic mass is 9.46. The smallest absolute Gasteiger partial charge is 0.255 e. The summed E-state index contributed by atoms with van der Waals surface area (Å²) < 4.78 is 0. The number of phenolic OH excluding ortho intramolecular Hbond substituents is 1. The summed E-state index contributed by atoms with van der Waals surface area (Å²) in [7, 11) is 3.20. The van der Waals surface area contributed by atoms with Crippen molar-refractivity contribution in [3.8, 4) is 5.75 Å². The van der Waals surface area contributed by atoms with E-state index >= 15 is 0 Å². The van der Waals surface area contributed by atoms with Gasteiger partial charge in [-0.05, 0) is 56.5 Å². The van der Waals surface area contributed by atoms with E-state index in [1.54, 1.807) is 27.9 Å². The number of aromatic hydroxyl groups is 1. The molecule has 0 spiro atoms. The quantitative estimate of drug-likeness (QED) is 0.366.